The fourth-order valence-corrected chi connectivity index (χ4v) is 2.95. The summed E-state index contributed by atoms with van der Waals surface area (Å²) in [4.78, 5) is 51.8. The van der Waals surface area contributed by atoms with Crippen LogP contribution in [0.4, 0.5) is 0 Å². The Morgan fingerprint density at radius 2 is 1.88 bits per heavy atom. The van der Waals surface area contributed by atoms with Crippen molar-refractivity contribution in [2.24, 2.45) is 0 Å². The van der Waals surface area contributed by atoms with Gasteiger partial charge in [0.2, 0.25) is 0 Å². The zero-order valence-electron chi connectivity index (χ0n) is 12.4. The lowest BCUT2D eigenvalue weighted by Gasteiger charge is -2.17. The number of rotatable bonds is 6. The van der Waals surface area contributed by atoms with E-state index in [4.69, 9.17) is 9.39 Å². The van der Waals surface area contributed by atoms with Gasteiger partial charge in [-0.15, -0.1) is 5.06 Å². The van der Waals surface area contributed by atoms with E-state index < -0.39 is 39.1 Å². The first-order valence-corrected chi connectivity index (χ1v) is 8.34. The number of imide groups is 1. The molecule has 3 amide bonds. The zero-order valence-corrected chi connectivity index (χ0v) is 13.2. The number of hydroxylamine groups is 2. The van der Waals surface area contributed by atoms with Gasteiger partial charge in [-0.05, 0) is 6.42 Å². The van der Waals surface area contributed by atoms with E-state index in [9.17, 15) is 27.6 Å². The smallest absolute Gasteiger partial charge is 0.333 e. The molecule has 2 heterocycles. The van der Waals surface area contributed by atoms with Gasteiger partial charge in [0.15, 0.2) is 5.25 Å². The van der Waals surface area contributed by atoms with Gasteiger partial charge in [0, 0.05) is 31.5 Å². The Morgan fingerprint density at radius 1 is 1.29 bits per heavy atom. The molecular weight excluding hydrogens is 344 g/mol. The van der Waals surface area contributed by atoms with Crippen LogP contribution in [0.5, 0.6) is 0 Å². The van der Waals surface area contributed by atoms with Crippen LogP contribution in [0.3, 0.4) is 0 Å². The molecule has 0 aromatic carbocycles. The second kappa shape index (κ2) is 6.53. The highest BCUT2D eigenvalue weighted by atomic mass is 32.2. The van der Waals surface area contributed by atoms with E-state index >= 15 is 0 Å². The van der Waals surface area contributed by atoms with Gasteiger partial charge in [-0.1, -0.05) is 6.58 Å². The lowest BCUT2D eigenvalue weighted by atomic mass is 10.3. The first-order valence-electron chi connectivity index (χ1n) is 6.83. The molecule has 10 nitrogen and oxygen atoms in total. The summed E-state index contributed by atoms with van der Waals surface area (Å²) >= 11 is 0. The largest absolute Gasteiger partial charge is 0.333 e. The molecule has 1 fully saturated rings. The molecule has 1 atom stereocenters. The molecule has 24 heavy (non-hydrogen) atoms. The van der Waals surface area contributed by atoms with Crippen LogP contribution in [0, 0.1) is 0 Å². The topological polar surface area (TPSA) is 138 Å². The summed E-state index contributed by atoms with van der Waals surface area (Å²) in [7, 11) is -4.63. The average Bonchev–Trinajstić information content (AvgIpc) is 2.94. The maximum absolute atomic E-state index is 11.8. The van der Waals surface area contributed by atoms with Crippen molar-refractivity contribution in [3.8, 4) is 0 Å². The standard InChI is InChI=1S/C13H14N2O8S/c1-8-7-9(24(20,21)22)13(19)15(8)23-12(18)3-2-6-14-10(16)4-5-11(14)17/h4-5,9H,1-3,6-7H2,(H,20,21,22). The minimum atomic E-state index is -4.63. The lowest BCUT2D eigenvalue weighted by Crippen LogP contribution is -2.35. The molecule has 1 unspecified atom stereocenters. The molecule has 0 aromatic heterocycles. The number of hydrogen-bond donors (Lipinski definition) is 1. The predicted octanol–water partition coefficient (Wildman–Crippen LogP) is -0.848. The van der Waals surface area contributed by atoms with Gasteiger partial charge >= 0.3 is 5.97 Å². The molecule has 1 N–H and O–H groups in total. The molecule has 1 saturated heterocycles. The number of hydrogen-bond acceptors (Lipinski definition) is 7. The summed E-state index contributed by atoms with van der Waals surface area (Å²) in [5.74, 6) is -2.93. The Morgan fingerprint density at radius 3 is 2.38 bits per heavy atom. The third-order valence-corrected chi connectivity index (χ3v) is 4.49. The Labute approximate surface area is 137 Å². The first-order chi connectivity index (χ1) is 11.1. The van der Waals surface area contributed by atoms with Crippen molar-refractivity contribution in [2.75, 3.05) is 6.54 Å². The summed E-state index contributed by atoms with van der Waals surface area (Å²) in [6.45, 7) is 3.41. The van der Waals surface area contributed by atoms with E-state index in [-0.39, 0.29) is 31.5 Å². The quantitative estimate of drug-likeness (QED) is 0.479. The highest BCUT2D eigenvalue weighted by Gasteiger charge is 2.45. The molecule has 2 aliphatic heterocycles. The third kappa shape index (κ3) is 3.68. The van der Waals surface area contributed by atoms with Crippen molar-refractivity contribution in [2.45, 2.75) is 24.5 Å². The summed E-state index contributed by atoms with van der Waals surface area (Å²) in [5, 5.41) is -1.31. The van der Waals surface area contributed by atoms with Crippen LogP contribution in [0.25, 0.3) is 0 Å². The van der Waals surface area contributed by atoms with E-state index in [0.29, 0.717) is 5.06 Å². The van der Waals surface area contributed by atoms with E-state index in [1.165, 1.54) is 0 Å². The van der Waals surface area contributed by atoms with Crippen LogP contribution < -0.4 is 0 Å². The van der Waals surface area contributed by atoms with Crippen molar-refractivity contribution >= 4 is 33.8 Å². The minimum Gasteiger partial charge on any atom is -0.333 e. The van der Waals surface area contributed by atoms with E-state index in [1.54, 1.807) is 0 Å². The molecule has 2 rings (SSSR count). The van der Waals surface area contributed by atoms with Crippen LogP contribution in [0.2, 0.25) is 0 Å². The molecule has 2 aliphatic rings. The molecule has 0 saturated carbocycles. The van der Waals surface area contributed by atoms with Gasteiger partial charge in [0.1, 0.15) is 0 Å². The van der Waals surface area contributed by atoms with E-state index in [1.807, 2.05) is 0 Å². The highest BCUT2D eigenvalue weighted by molar-refractivity contribution is 7.87. The normalized spacial score (nSPS) is 21.1. The first kappa shape index (κ1) is 17.8. The molecule has 0 radical (unpaired) electrons. The maximum atomic E-state index is 11.8. The van der Waals surface area contributed by atoms with E-state index in [2.05, 4.69) is 6.58 Å². The third-order valence-electron chi connectivity index (χ3n) is 3.40. The van der Waals surface area contributed by atoms with Gasteiger partial charge in [0.25, 0.3) is 27.8 Å². The fraction of sp³-hybridized carbons (Fsp3) is 0.385. The number of carbonyl (C=O) groups is 4. The van der Waals surface area contributed by atoms with Crippen LogP contribution in [0.1, 0.15) is 19.3 Å². The van der Waals surface area contributed by atoms with Crippen molar-refractivity contribution < 1.29 is 37.0 Å². The van der Waals surface area contributed by atoms with Gasteiger partial charge in [-0.25, -0.2) is 4.79 Å². The number of amides is 3. The summed E-state index contributed by atoms with van der Waals surface area (Å²) in [6, 6.07) is 0. The maximum Gasteiger partial charge on any atom is 0.333 e. The number of carbonyl (C=O) groups excluding carboxylic acids is 4. The Kier molecular flexibility index (Phi) is 4.85. The van der Waals surface area contributed by atoms with Crippen LogP contribution in [0.15, 0.2) is 24.4 Å². The minimum absolute atomic E-state index is 0.00229. The van der Waals surface area contributed by atoms with E-state index in [0.717, 1.165) is 17.1 Å². The van der Waals surface area contributed by atoms with Crippen LogP contribution in [-0.2, 0) is 34.1 Å². The molecule has 0 aromatic rings. The summed E-state index contributed by atoms with van der Waals surface area (Å²) in [6.07, 6.45) is 1.73. The van der Waals surface area contributed by atoms with Gasteiger partial charge in [0.05, 0.1) is 5.70 Å². The molecule has 0 bridgehead atoms. The van der Waals surface area contributed by atoms with Crippen molar-refractivity contribution in [3.05, 3.63) is 24.4 Å². The van der Waals surface area contributed by atoms with Crippen molar-refractivity contribution in [3.63, 3.8) is 0 Å². The molecule has 0 aliphatic carbocycles. The Hall–Kier alpha value is -2.53. The fourth-order valence-electron chi connectivity index (χ4n) is 2.19. The second-order valence-corrected chi connectivity index (χ2v) is 6.73. The van der Waals surface area contributed by atoms with Crippen molar-refractivity contribution in [1.82, 2.24) is 9.96 Å². The zero-order chi connectivity index (χ0) is 18.1. The summed E-state index contributed by atoms with van der Waals surface area (Å²) < 4.78 is 31.0. The predicted molar refractivity (Wildman–Crippen MR) is 77.1 cm³/mol. The number of nitrogens with zero attached hydrogens (tertiary/aromatic N) is 2. The Balaban J connectivity index is 1.84. The molecule has 11 heteroatoms. The molecular formula is C13H14N2O8S. The SMILES string of the molecule is C=C1CC(S(=O)(=O)O)C(=O)N1OC(=O)CCCN1C(=O)C=CC1=O. The second-order valence-electron chi connectivity index (χ2n) is 5.13. The van der Waals surface area contributed by atoms with Crippen LogP contribution in [-0.4, -0.2) is 58.4 Å². The van der Waals surface area contributed by atoms with Gasteiger partial charge in [-0.2, -0.15) is 8.42 Å². The molecule has 130 valence electrons. The summed E-state index contributed by atoms with van der Waals surface area (Å²) in [5.41, 5.74) is -0.0786. The van der Waals surface area contributed by atoms with Gasteiger partial charge in [-0.3, -0.25) is 23.8 Å². The van der Waals surface area contributed by atoms with Gasteiger partial charge < -0.3 is 4.84 Å². The highest BCUT2D eigenvalue weighted by Crippen LogP contribution is 2.26. The number of allylic oxidation sites excluding steroid dienone is 1. The average molecular weight is 358 g/mol. The monoisotopic (exact) mass is 358 g/mol. The van der Waals surface area contributed by atoms with Crippen LogP contribution >= 0.6 is 0 Å². The molecule has 0 spiro atoms. The Bertz CT molecular complexity index is 736. The van der Waals surface area contributed by atoms with Crippen molar-refractivity contribution in [1.29, 1.82) is 0 Å². The lowest BCUT2D eigenvalue weighted by molar-refractivity contribution is -0.186.